The van der Waals surface area contributed by atoms with E-state index in [4.69, 9.17) is 0 Å². The van der Waals surface area contributed by atoms with Gasteiger partial charge < -0.3 is 15.2 Å². The van der Waals surface area contributed by atoms with Crippen LogP contribution in [-0.2, 0) is 23.2 Å². The number of benzene rings is 1. The second-order valence-electron chi connectivity index (χ2n) is 6.69. The van der Waals surface area contributed by atoms with Gasteiger partial charge in [0.05, 0.1) is 17.6 Å². The molecule has 2 amide bonds. The fraction of sp³-hybridized carbons (Fsp3) is 0.316. The second kappa shape index (κ2) is 6.33. The van der Waals surface area contributed by atoms with Crippen LogP contribution in [0.5, 0.6) is 0 Å². The molecule has 7 heteroatoms. The van der Waals surface area contributed by atoms with Gasteiger partial charge in [0.25, 0.3) is 0 Å². The Kier molecular flexibility index (Phi) is 3.99. The van der Waals surface area contributed by atoms with Crippen LogP contribution in [0.15, 0.2) is 36.7 Å². The quantitative estimate of drug-likeness (QED) is 0.757. The molecule has 0 spiro atoms. The van der Waals surface area contributed by atoms with Gasteiger partial charge in [-0.05, 0) is 25.0 Å². The summed E-state index contributed by atoms with van der Waals surface area (Å²) in [6.45, 7) is 2.32. The Morgan fingerprint density at radius 2 is 2.19 bits per heavy atom. The molecule has 1 saturated heterocycles. The molecule has 0 saturated carbocycles. The Morgan fingerprint density at radius 3 is 2.96 bits per heavy atom. The monoisotopic (exact) mass is 351 g/mol. The van der Waals surface area contributed by atoms with Crippen molar-refractivity contribution in [1.82, 2.24) is 19.7 Å². The molecule has 0 bridgehead atoms. The topological polar surface area (TPSA) is 83.0 Å². The van der Waals surface area contributed by atoms with E-state index in [0.29, 0.717) is 25.1 Å². The zero-order chi connectivity index (χ0) is 18.3. The van der Waals surface area contributed by atoms with Crippen LogP contribution in [0.2, 0.25) is 0 Å². The third-order valence-corrected chi connectivity index (χ3v) is 5.14. The van der Waals surface area contributed by atoms with Crippen molar-refractivity contribution in [1.29, 1.82) is 0 Å². The highest BCUT2D eigenvalue weighted by Gasteiger charge is 2.36. The van der Waals surface area contributed by atoms with Gasteiger partial charge in [-0.2, -0.15) is 5.10 Å². The van der Waals surface area contributed by atoms with Crippen molar-refractivity contribution < 1.29 is 9.59 Å². The molecule has 1 aromatic carbocycles. The number of H-pyrrole nitrogens is 1. The summed E-state index contributed by atoms with van der Waals surface area (Å²) in [7, 11) is 1.83. The highest BCUT2D eigenvalue weighted by molar-refractivity contribution is 5.99. The number of nitrogens with one attached hydrogen (secondary N) is 2. The van der Waals surface area contributed by atoms with Gasteiger partial charge in [-0.1, -0.05) is 18.2 Å². The molecular formula is C19H21N5O2. The van der Waals surface area contributed by atoms with Gasteiger partial charge in [-0.3, -0.25) is 14.3 Å². The van der Waals surface area contributed by atoms with E-state index in [0.717, 1.165) is 22.2 Å². The predicted octanol–water partition coefficient (Wildman–Crippen LogP) is 2.34. The molecule has 4 rings (SSSR count). The van der Waals surface area contributed by atoms with Gasteiger partial charge in [-0.15, -0.1) is 0 Å². The summed E-state index contributed by atoms with van der Waals surface area (Å²) >= 11 is 0. The average Bonchev–Trinajstić information content (AvgIpc) is 3.30. The first kappa shape index (κ1) is 16.4. The zero-order valence-electron chi connectivity index (χ0n) is 14.8. The number of fused-ring (bicyclic) bond motifs is 1. The summed E-state index contributed by atoms with van der Waals surface area (Å²) in [5, 5.41) is 8.14. The van der Waals surface area contributed by atoms with E-state index in [-0.39, 0.29) is 11.8 Å². The molecule has 1 atom stereocenters. The third-order valence-electron chi connectivity index (χ3n) is 5.14. The van der Waals surface area contributed by atoms with Crippen molar-refractivity contribution in [3.05, 3.63) is 47.9 Å². The summed E-state index contributed by atoms with van der Waals surface area (Å²) in [6, 6.07) is 7.50. The lowest BCUT2D eigenvalue weighted by molar-refractivity contribution is -0.133. The summed E-state index contributed by atoms with van der Waals surface area (Å²) < 4.78 is 1.71. The molecular weight excluding hydrogens is 330 g/mol. The Morgan fingerprint density at radius 1 is 1.38 bits per heavy atom. The maximum atomic E-state index is 12.8. The lowest BCUT2D eigenvalue weighted by Crippen LogP contribution is -2.41. The van der Waals surface area contributed by atoms with Crippen LogP contribution in [0.25, 0.3) is 10.9 Å². The summed E-state index contributed by atoms with van der Waals surface area (Å²) in [4.78, 5) is 30.1. The van der Waals surface area contributed by atoms with E-state index in [2.05, 4.69) is 15.4 Å². The number of hydrogen-bond donors (Lipinski definition) is 2. The number of likely N-dealkylation sites (tertiary alicyclic amines) is 1. The molecule has 134 valence electrons. The molecule has 2 aromatic heterocycles. The van der Waals surface area contributed by atoms with Crippen LogP contribution in [0.3, 0.4) is 0 Å². The molecule has 3 aromatic rings. The van der Waals surface area contributed by atoms with Crippen molar-refractivity contribution in [2.45, 2.75) is 32.4 Å². The van der Waals surface area contributed by atoms with Crippen LogP contribution in [0.1, 0.15) is 24.1 Å². The molecule has 1 unspecified atom stereocenters. The minimum Gasteiger partial charge on any atom is -0.361 e. The van der Waals surface area contributed by atoms with Crippen LogP contribution in [0, 0.1) is 6.92 Å². The lowest BCUT2D eigenvalue weighted by Gasteiger charge is -2.24. The van der Waals surface area contributed by atoms with Crippen molar-refractivity contribution in [2.75, 3.05) is 5.32 Å². The van der Waals surface area contributed by atoms with E-state index in [1.54, 1.807) is 15.8 Å². The highest BCUT2D eigenvalue weighted by Crippen LogP contribution is 2.26. The number of aryl methyl sites for hydroxylation is 1. The normalized spacial score (nSPS) is 17.2. The minimum atomic E-state index is -0.462. The number of aromatic amines is 1. The first-order chi connectivity index (χ1) is 12.5. The number of carbonyl (C=O) groups is 2. The number of amides is 2. The minimum absolute atomic E-state index is 0.0124. The van der Waals surface area contributed by atoms with Crippen molar-refractivity contribution >= 4 is 28.4 Å². The average molecular weight is 351 g/mol. The van der Waals surface area contributed by atoms with Gasteiger partial charge in [0, 0.05) is 37.1 Å². The van der Waals surface area contributed by atoms with Crippen LogP contribution < -0.4 is 5.32 Å². The van der Waals surface area contributed by atoms with Crippen LogP contribution >= 0.6 is 0 Å². The number of hydrogen-bond acceptors (Lipinski definition) is 3. The van der Waals surface area contributed by atoms with E-state index < -0.39 is 6.04 Å². The predicted molar refractivity (Wildman–Crippen MR) is 98.4 cm³/mol. The van der Waals surface area contributed by atoms with Gasteiger partial charge in [0.1, 0.15) is 6.04 Å². The van der Waals surface area contributed by atoms with Gasteiger partial charge in [0.15, 0.2) is 0 Å². The number of para-hydroxylation sites is 1. The summed E-state index contributed by atoms with van der Waals surface area (Å²) in [6.07, 6.45) is 4.48. The maximum Gasteiger partial charge on any atom is 0.247 e. The van der Waals surface area contributed by atoms with Gasteiger partial charge >= 0.3 is 0 Å². The molecule has 7 nitrogen and oxygen atoms in total. The Labute approximate surface area is 151 Å². The van der Waals surface area contributed by atoms with Crippen LogP contribution in [0.4, 0.5) is 5.69 Å². The zero-order valence-corrected chi connectivity index (χ0v) is 14.8. The number of carbonyl (C=O) groups excluding carboxylic acids is 2. The largest absolute Gasteiger partial charge is 0.361 e. The first-order valence-electron chi connectivity index (χ1n) is 8.68. The number of nitrogens with zero attached hydrogens (tertiary/aromatic N) is 3. The fourth-order valence-corrected chi connectivity index (χ4v) is 3.49. The number of rotatable bonds is 4. The SMILES string of the molecule is Cc1c(NC(=O)C2CCC(=O)N2Cc2c[nH]c3ccccc23)cnn1C. The smallest absolute Gasteiger partial charge is 0.247 e. The summed E-state index contributed by atoms with van der Waals surface area (Å²) in [5.41, 5.74) is 3.61. The highest BCUT2D eigenvalue weighted by atomic mass is 16.2. The molecule has 26 heavy (non-hydrogen) atoms. The van der Waals surface area contributed by atoms with Crippen LogP contribution in [-0.4, -0.2) is 37.5 Å². The third kappa shape index (κ3) is 2.75. The Balaban J connectivity index is 1.55. The number of anilines is 1. The van der Waals surface area contributed by atoms with Crippen molar-refractivity contribution in [3.8, 4) is 0 Å². The molecule has 0 radical (unpaired) electrons. The lowest BCUT2D eigenvalue weighted by atomic mass is 10.1. The van der Waals surface area contributed by atoms with Crippen molar-refractivity contribution in [3.63, 3.8) is 0 Å². The standard InChI is InChI=1S/C19H21N5O2/c1-12-16(10-21-23(12)2)22-19(26)17-7-8-18(25)24(17)11-13-9-20-15-6-4-3-5-14(13)15/h3-6,9-10,17,20H,7-8,11H2,1-2H3,(H,22,26). The molecule has 1 aliphatic heterocycles. The molecule has 1 fully saturated rings. The van der Waals surface area contributed by atoms with Gasteiger partial charge in [-0.25, -0.2) is 0 Å². The van der Waals surface area contributed by atoms with E-state index in [1.807, 2.05) is 44.4 Å². The Hall–Kier alpha value is -3.09. The summed E-state index contributed by atoms with van der Waals surface area (Å²) in [5.74, 6) is -0.148. The fourth-order valence-electron chi connectivity index (χ4n) is 3.49. The molecule has 0 aliphatic carbocycles. The molecule has 2 N–H and O–H groups in total. The first-order valence-corrected chi connectivity index (χ1v) is 8.68. The van der Waals surface area contributed by atoms with E-state index >= 15 is 0 Å². The van der Waals surface area contributed by atoms with E-state index in [1.165, 1.54) is 0 Å². The second-order valence-corrected chi connectivity index (χ2v) is 6.69. The van der Waals surface area contributed by atoms with E-state index in [9.17, 15) is 9.59 Å². The Bertz CT molecular complexity index is 987. The molecule has 3 heterocycles. The molecule has 1 aliphatic rings. The van der Waals surface area contributed by atoms with Crippen molar-refractivity contribution in [2.24, 2.45) is 7.05 Å². The van der Waals surface area contributed by atoms with Gasteiger partial charge in [0.2, 0.25) is 11.8 Å². The maximum absolute atomic E-state index is 12.8. The number of aromatic nitrogens is 3.